The smallest absolute Gasteiger partial charge is 0.136 e. The maximum absolute atomic E-state index is 8.96. The van der Waals surface area contributed by atoms with Gasteiger partial charge in [-0.25, -0.2) is 0 Å². The predicted molar refractivity (Wildman–Crippen MR) is 71.8 cm³/mol. The molecule has 0 aromatic heterocycles. The van der Waals surface area contributed by atoms with E-state index in [1.165, 1.54) is 0 Å². The minimum absolute atomic E-state index is 0.119. The summed E-state index contributed by atoms with van der Waals surface area (Å²) in [7, 11) is 1.58. The number of benzene rings is 1. The standard InChI is InChI=1S/C14H19N3O2/c1-18-14-6-11(2-3-12(14)7-15)9-17-4-5-19-13(8-16)10-17/h2-3,6,13H,4-5,8-10,16H2,1H3. The van der Waals surface area contributed by atoms with Crippen LogP contribution in [0.5, 0.6) is 5.75 Å². The number of nitriles is 1. The molecule has 0 amide bonds. The lowest BCUT2D eigenvalue weighted by molar-refractivity contribution is -0.0260. The first-order chi connectivity index (χ1) is 9.26. The number of rotatable bonds is 4. The van der Waals surface area contributed by atoms with E-state index in [1.807, 2.05) is 12.1 Å². The normalized spacial score (nSPS) is 19.9. The highest BCUT2D eigenvalue weighted by atomic mass is 16.5. The third-order valence-corrected chi connectivity index (χ3v) is 3.28. The maximum Gasteiger partial charge on any atom is 0.136 e. The van der Waals surface area contributed by atoms with E-state index in [1.54, 1.807) is 13.2 Å². The molecule has 5 heteroatoms. The second-order valence-electron chi connectivity index (χ2n) is 4.61. The molecule has 1 atom stereocenters. The summed E-state index contributed by atoms with van der Waals surface area (Å²) in [5.41, 5.74) is 7.33. The van der Waals surface area contributed by atoms with Gasteiger partial charge in [0.2, 0.25) is 0 Å². The number of hydrogen-bond acceptors (Lipinski definition) is 5. The van der Waals surface area contributed by atoms with E-state index in [0.717, 1.165) is 31.8 Å². The van der Waals surface area contributed by atoms with Crippen molar-refractivity contribution >= 4 is 0 Å². The molecular weight excluding hydrogens is 242 g/mol. The molecule has 1 fully saturated rings. The van der Waals surface area contributed by atoms with Gasteiger partial charge >= 0.3 is 0 Å². The highest BCUT2D eigenvalue weighted by Crippen LogP contribution is 2.20. The Morgan fingerprint density at radius 1 is 1.58 bits per heavy atom. The summed E-state index contributed by atoms with van der Waals surface area (Å²) in [6, 6.07) is 7.81. The SMILES string of the molecule is COc1cc(CN2CCOC(CN)C2)ccc1C#N. The fraction of sp³-hybridized carbons (Fsp3) is 0.500. The number of ether oxygens (including phenoxy) is 2. The van der Waals surface area contributed by atoms with E-state index in [9.17, 15) is 0 Å². The predicted octanol–water partition coefficient (Wildman–Crippen LogP) is 0.726. The third-order valence-electron chi connectivity index (χ3n) is 3.28. The van der Waals surface area contributed by atoms with Gasteiger partial charge in [0.25, 0.3) is 0 Å². The van der Waals surface area contributed by atoms with E-state index in [2.05, 4.69) is 11.0 Å². The van der Waals surface area contributed by atoms with Crippen LogP contribution in [0.25, 0.3) is 0 Å². The summed E-state index contributed by atoms with van der Waals surface area (Å²) in [4.78, 5) is 2.31. The van der Waals surface area contributed by atoms with E-state index in [-0.39, 0.29) is 6.10 Å². The van der Waals surface area contributed by atoms with Crippen LogP contribution in [-0.2, 0) is 11.3 Å². The van der Waals surface area contributed by atoms with Gasteiger partial charge in [0, 0.05) is 26.2 Å². The molecule has 1 saturated heterocycles. The lowest BCUT2D eigenvalue weighted by Gasteiger charge is -2.32. The molecule has 1 heterocycles. The highest BCUT2D eigenvalue weighted by Gasteiger charge is 2.19. The van der Waals surface area contributed by atoms with E-state index < -0.39 is 0 Å². The zero-order valence-corrected chi connectivity index (χ0v) is 11.1. The van der Waals surface area contributed by atoms with Gasteiger partial charge in [-0.05, 0) is 17.7 Å². The molecule has 1 aromatic rings. The molecule has 1 aromatic carbocycles. The highest BCUT2D eigenvalue weighted by molar-refractivity contribution is 5.45. The summed E-state index contributed by atoms with van der Waals surface area (Å²) in [6.45, 7) is 3.84. The lowest BCUT2D eigenvalue weighted by atomic mass is 10.1. The van der Waals surface area contributed by atoms with Gasteiger partial charge in [-0.15, -0.1) is 0 Å². The fourth-order valence-corrected chi connectivity index (χ4v) is 2.25. The third kappa shape index (κ3) is 3.44. The number of nitrogens with two attached hydrogens (primary N) is 1. The Labute approximate surface area is 113 Å². The van der Waals surface area contributed by atoms with Gasteiger partial charge in [0.1, 0.15) is 11.8 Å². The van der Waals surface area contributed by atoms with Crippen LogP contribution in [0.2, 0.25) is 0 Å². The van der Waals surface area contributed by atoms with Crippen molar-refractivity contribution in [2.24, 2.45) is 5.73 Å². The number of morpholine rings is 1. The van der Waals surface area contributed by atoms with Crippen molar-refractivity contribution < 1.29 is 9.47 Å². The molecule has 19 heavy (non-hydrogen) atoms. The van der Waals surface area contributed by atoms with Crippen LogP contribution in [0.15, 0.2) is 18.2 Å². The minimum atomic E-state index is 0.119. The van der Waals surface area contributed by atoms with Crippen molar-refractivity contribution in [3.8, 4) is 11.8 Å². The molecule has 0 radical (unpaired) electrons. The molecule has 5 nitrogen and oxygen atoms in total. The molecule has 0 saturated carbocycles. The summed E-state index contributed by atoms with van der Waals surface area (Å²) >= 11 is 0. The van der Waals surface area contributed by atoms with Crippen LogP contribution < -0.4 is 10.5 Å². The molecule has 0 aliphatic carbocycles. The molecular formula is C14H19N3O2. The van der Waals surface area contributed by atoms with Gasteiger partial charge in [0.15, 0.2) is 0 Å². The Morgan fingerprint density at radius 2 is 2.42 bits per heavy atom. The quantitative estimate of drug-likeness (QED) is 0.865. The molecule has 0 spiro atoms. The van der Waals surface area contributed by atoms with Gasteiger partial charge in [-0.1, -0.05) is 6.07 Å². The average Bonchev–Trinajstić information content (AvgIpc) is 2.47. The summed E-state index contributed by atoms with van der Waals surface area (Å²) in [5, 5.41) is 8.96. The Balaban J connectivity index is 2.05. The molecule has 102 valence electrons. The van der Waals surface area contributed by atoms with Crippen LogP contribution in [0.3, 0.4) is 0 Å². The second-order valence-corrected chi connectivity index (χ2v) is 4.61. The van der Waals surface area contributed by atoms with E-state index in [4.69, 9.17) is 20.5 Å². The molecule has 2 N–H and O–H groups in total. The van der Waals surface area contributed by atoms with Crippen LogP contribution in [0, 0.1) is 11.3 Å². The first-order valence-electron chi connectivity index (χ1n) is 6.38. The fourth-order valence-electron chi connectivity index (χ4n) is 2.25. The van der Waals surface area contributed by atoms with Gasteiger partial charge in [-0.2, -0.15) is 5.26 Å². The zero-order chi connectivity index (χ0) is 13.7. The van der Waals surface area contributed by atoms with Crippen molar-refractivity contribution in [2.45, 2.75) is 12.6 Å². The summed E-state index contributed by atoms with van der Waals surface area (Å²) in [6.07, 6.45) is 0.119. The van der Waals surface area contributed by atoms with Crippen molar-refractivity contribution in [1.82, 2.24) is 4.90 Å². The minimum Gasteiger partial charge on any atom is -0.495 e. The van der Waals surface area contributed by atoms with Crippen molar-refractivity contribution in [3.05, 3.63) is 29.3 Å². The van der Waals surface area contributed by atoms with Crippen LogP contribution >= 0.6 is 0 Å². The first kappa shape index (κ1) is 13.8. The summed E-state index contributed by atoms with van der Waals surface area (Å²) < 4.78 is 10.8. The van der Waals surface area contributed by atoms with E-state index >= 15 is 0 Å². The first-order valence-corrected chi connectivity index (χ1v) is 6.38. The molecule has 2 rings (SSSR count). The Kier molecular flexibility index (Phi) is 4.74. The Bertz CT molecular complexity index is 470. The van der Waals surface area contributed by atoms with Crippen molar-refractivity contribution in [1.29, 1.82) is 5.26 Å². The molecule has 1 aliphatic rings. The van der Waals surface area contributed by atoms with Crippen LogP contribution in [0.4, 0.5) is 0 Å². The van der Waals surface area contributed by atoms with Gasteiger partial charge < -0.3 is 15.2 Å². The zero-order valence-electron chi connectivity index (χ0n) is 11.1. The largest absolute Gasteiger partial charge is 0.495 e. The van der Waals surface area contributed by atoms with Gasteiger partial charge in [0.05, 0.1) is 25.4 Å². The second kappa shape index (κ2) is 6.53. The lowest BCUT2D eigenvalue weighted by Crippen LogP contribution is -2.45. The molecule has 1 unspecified atom stereocenters. The Morgan fingerprint density at radius 3 is 3.11 bits per heavy atom. The molecule has 0 bridgehead atoms. The van der Waals surface area contributed by atoms with Crippen LogP contribution in [-0.4, -0.2) is 44.4 Å². The monoisotopic (exact) mass is 261 g/mol. The number of hydrogen-bond donors (Lipinski definition) is 1. The molecule has 1 aliphatic heterocycles. The van der Waals surface area contributed by atoms with Crippen molar-refractivity contribution in [2.75, 3.05) is 33.4 Å². The summed E-state index contributed by atoms with van der Waals surface area (Å²) in [5.74, 6) is 0.628. The van der Waals surface area contributed by atoms with E-state index in [0.29, 0.717) is 17.9 Å². The van der Waals surface area contributed by atoms with Crippen molar-refractivity contribution in [3.63, 3.8) is 0 Å². The topological polar surface area (TPSA) is 71.5 Å². The maximum atomic E-state index is 8.96. The van der Waals surface area contributed by atoms with Crippen LogP contribution in [0.1, 0.15) is 11.1 Å². The number of nitrogens with zero attached hydrogens (tertiary/aromatic N) is 2. The van der Waals surface area contributed by atoms with Gasteiger partial charge in [-0.3, -0.25) is 4.90 Å². The number of methoxy groups -OCH3 is 1. The average molecular weight is 261 g/mol. The Hall–Kier alpha value is -1.61.